The van der Waals surface area contributed by atoms with Crippen LogP contribution >= 0.6 is 0 Å². The van der Waals surface area contributed by atoms with Gasteiger partial charge in [0.2, 0.25) is 5.91 Å². The molecule has 3 rings (SSSR count). The van der Waals surface area contributed by atoms with Crippen LogP contribution in [0.15, 0.2) is 59.3 Å². The minimum atomic E-state index is -4.59. The lowest BCUT2D eigenvalue weighted by molar-refractivity contribution is -0.142. The van der Waals surface area contributed by atoms with Gasteiger partial charge in [0.15, 0.2) is 0 Å². The van der Waals surface area contributed by atoms with Crippen molar-refractivity contribution in [3.05, 3.63) is 70.5 Å². The highest BCUT2D eigenvalue weighted by Crippen LogP contribution is 2.44. The lowest BCUT2D eigenvalue weighted by Crippen LogP contribution is -2.55. The first-order chi connectivity index (χ1) is 16.9. The van der Waals surface area contributed by atoms with Crippen molar-refractivity contribution in [1.82, 2.24) is 10.2 Å². The molecular weight excluding hydrogens is 469 g/mol. The zero-order chi connectivity index (χ0) is 26.8. The fraction of sp³-hybridized carbons (Fsp3) is 0.444. The molecular formula is C27H29F3N4O2. The van der Waals surface area contributed by atoms with E-state index in [-0.39, 0.29) is 17.2 Å². The Hall–Kier alpha value is -3.40. The van der Waals surface area contributed by atoms with E-state index in [9.17, 15) is 28.3 Å². The van der Waals surface area contributed by atoms with Crippen LogP contribution in [0.2, 0.25) is 0 Å². The maximum absolute atomic E-state index is 14.0. The zero-order valence-electron chi connectivity index (χ0n) is 20.5. The second kappa shape index (κ2) is 10.7. The third kappa shape index (κ3) is 5.38. The molecule has 1 aliphatic carbocycles. The number of halogens is 3. The van der Waals surface area contributed by atoms with Crippen LogP contribution in [0.5, 0.6) is 0 Å². The fourth-order valence-corrected chi connectivity index (χ4v) is 4.72. The molecule has 5 unspecified atom stereocenters. The summed E-state index contributed by atoms with van der Waals surface area (Å²) in [5, 5.41) is 33.4. The molecule has 1 aliphatic heterocycles. The third-order valence-electron chi connectivity index (χ3n) is 6.63. The quantitative estimate of drug-likeness (QED) is 0.562. The number of allylic oxidation sites excluding steroid dienone is 4. The largest absolute Gasteiger partial charge is 0.416 e. The summed E-state index contributed by atoms with van der Waals surface area (Å²) in [6.45, 7) is 7.49. The van der Waals surface area contributed by atoms with E-state index in [1.165, 1.54) is 11.0 Å². The lowest BCUT2D eigenvalue weighted by atomic mass is 9.74. The van der Waals surface area contributed by atoms with Crippen molar-refractivity contribution in [3.63, 3.8) is 0 Å². The summed E-state index contributed by atoms with van der Waals surface area (Å²) in [4.78, 5) is 15.2. The number of hydrogen-bond acceptors (Lipinski definition) is 5. The first kappa shape index (κ1) is 27.2. The van der Waals surface area contributed by atoms with Crippen LogP contribution in [0.3, 0.4) is 0 Å². The number of nitriles is 2. The number of alkyl halides is 3. The van der Waals surface area contributed by atoms with E-state index >= 15 is 0 Å². The Bertz CT molecular complexity index is 1170. The smallest absolute Gasteiger partial charge is 0.378 e. The Balaban J connectivity index is 2.18. The summed E-state index contributed by atoms with van der Waals surface area (Å²) in [5.41, 5.74) is 0.502. The molecule has 190 valence electrons. The van der Waals surface area contributed by atoms with Crippen molar-refractivity contribution in [2.75, 3.05) is 6.54 Å². The lowest BCUT2D eigenvalue weighted by Gasteiger charge is -2.45. The molecule has 1 aromatic carbocycles. The Morgan fingerprint density at radius 2 is 1.81 bits per heavy atom. The molecule has 6 nitrogen and oxygen atoms in total. The first-order valence-electron chi connectivity index (χ1n) is 11.7. The van der Waals surface area contributed by atoms with Crippen molar-refractivity contribution < 1.29 is 23.1 Å². The topological polar surface area (TPSA) is 100 Å². The van der Waals surface area contributed by atoms with Gasteiger partial charge in [0, 0.05) is 11.6 Å². The average Bonchev–Trinajstić information content (AvgIpc) is 2.82. The minimum Gasteiger partial charge on any atom is -0.378 e. The fourth-order valence-electron chi connectivity index (χ4n) is 4.72. The summed E-state index contributed by atoms with van der Waals surface area (Å²) in [7, 11) is 0. The second-order valence-corrected chi connectivity index (χ2v) is 9.63. The van der Waals surface area contributed by atoms with Crippen LogP contribution in [-0.2, 0) is 4.79 Å². The molecule has 1 aromatic rings. The maximum atomic E-state index is 14.0. The van der Waals surface area contributed by atoms with Gasteiger partial charge in [0.1, 0.15) is 6.23 Å². The van der Waals surface area contributed by atoms with Gasteiger partial charge in [0.05, 0.1) is 40.8 Å². The van der Waals surface area contributed by atoms with Crippen LogP contribution in [0.4, 0.5) is 13.2 Å². The Labute approximate surface area is 209 Å². The van der Waals surface area contributed by atoms with Crippen LogP contribution in [-0.4, -0.2) is 40.9 Å². The van der Waals surface area contributed by atoms with Gasteiger partial charge in [-0.1, -0.05) is 45.1 Å². The number of aliphatic hydroxyl groups is 1. The zero-order valence-corrected chi connectivity index (χ0v) is 20.5. The van der Waals surface area contributed by atoms with E-state index < -0.39 is 47.7 Å². The van der Waals surface area contributed by atoms with Crippen molar-refractivity contribution >= 4 is 5.91 Å². The Morgan fingerprint density at radius 1 is 1.17 bits per heavy atom. The van der Waals surface area contributed by atoms with Gasteiger partial charge in [-0.3, -0.25) is 10.1 Å². The molecule has 0 saturated heterocycles. The molecule has 0 radical (unpaired) electrons. The molecule has 2 N–H and O–H groups in total. The molecule has 2 aliphatic rings. The number of benzene rings is 1. The number of amides is 1. The SMILES string of the molecule is CC1=C(C#N)C(c2ccc(C#N)cc2)C(C(O)NCC(C)C)C(=O)N1C1C=C(C(F)(F)F)C=CC1C. The molecule has 0 bridgehead atoms. The van der Waals surface area contributed by atoms with Crippen LogP contribution in [0.1, 0.15) is 44.7 Å². The third-order valence-corrected chi connectivity index (χ3v) is 6.63. The van der Waals surface area contributed by atoms with Crippen molar-refractivity contribution in [1.29, 1.82) is 10.5 Å². The van der Waals surface area contributed by atoms with Crippen LogP contribution < -0.4 is 5.32 Å². The van der Waals surface area contributed by atoms with Gasteiger partial charge in [-0.15, -0.1) is 0 Å². The highest BCUT2D eigenvalue weighted by atomic mass is 19.4. The summed E-state index contributed by atoms with van der Waals surface area (Å²) in [6, 6.07) is 9.57. The van der Waals surface area contributed by atoms with E-state index in [0.717, 1.165) is 12.2 Å². The predicted molar refractivity (Wildman–Crippen MR) is 128 cm³/mol. The number of aliphatic hydroxyl groups excluding tert-OH is 1. The first-order valence-corrected chi connectivity index (χ1v) is 11.7. The number of carbonyl (C=O) groups is 1. The highest BCUT2D eigenvalue weighted by Gasteiger charge is 2.48. The monoisotopic (exact) mass is 498 g/mol. The van der Waals surface area contributed by atoms with Crippen molar-refractivity contribution in [3.8, 4) is 12.1 Å². The van der Waals surface area contributed by atoms with E-state index in [2.05, 4.69) is 11.4 Å². The van der Waals surface area contributed by atoms with E-state index in [1.54, 1.807) is 38.1 Å². The predicted octanol–water partition coefficient (Wildman–Crippen LogP) is 4.53. The molecule has 0 saturated carbocycles. The number of nitrogens with zero attached hydrogens (tertiary/aromatic N) is 3. The molecule has 9 heteroatoms. The van der Waals surface area contributed by atoms with Crippen molar-refractivity contribution in [2.45, 2.75) is 52.1 Å². The molecule has 0 spiro atoms. The number of hydrogen-bond donors (Lipinski definition) is 2. The van der Waals surface area contributed by atoms with Gasteiger partial charge in [-0.25, -0.2) is 0 Å². The number of nitrogens with one attached hydrogen (secondary N) is 1. The number of carbonyl (C=O) groups excluding carboxylic acids is 1. The Kier molecular flexibility index (Phi) is 8.08. The van der Waals surface area contributed by atoms with Crippen molar-refractivity contribution in [2.24, 2.45) is 17.8 Å². The van der Waals surface area contributed by atoms with Crippen LogP contribution in [0.25, 0.3) is 0 Å². The molecule has 1 heterocycles. The van der Waals surface area contributed by atoms with E-state index in [1.807, 2.05) is 19.9 Å². The molecule has 0 fully saturated rings. The van der Waals surface area contributed by atoms with Gasteiger partial charge in [-0.05, 0) is 49.1 Å². The standard InChI is InChI=1S/C27H29F3N4O2/c1-15(2)14-33-25(35)24-23(19-8-6-18(12-31)7-9-19)21(13-32)17(4)34(26(24)36)22-11-20(27(28,29)30)10-5-16(22)3/h5-11,15-16,22-25,33,35H,14H2,1-4H3. The molecule has 1 amide bonds. The molecule has 0 aromatic heterocycles. The van der Waals surface area contributed by atoms with E-state index in [4.69, 9.17) is 5.26 Å². The van der Waals surface area contributed by atoms with Crippen LogP contribution in [0, 0.1) is 40.4 Å². The Morgan fingerprint density at radius 3 is 2.33 bits per heavy atom. The maximum Gasteiger partial charge on any atom is 0.416 e. The molecule has 5 atom stereocenters. The van der Waals surface area contributed by atoms with Gasteiger partial charge in [-0.2, -0.15) is 23.7 Å². The second-order valence-electron chi connectivity index (χ2n) is 9.63. The summed E-state index contributed by atoms with van der Waals surface area (Å²) in [5.74, 6) is -2.90. The van der Waals surface area contributed by atoms with Gasteiger partial charge < -0.3 is 10.0 Å². The number of rotatable bonds is 6. The minimum absolute atomic E-state index is 0.149. The van der Waals surface area contributed by atoms with Gasteiger partial charge >= 0.3 is 6.18 Å². The average molecular weight is 499 g/mol. The summed E-state index contributed by atoms with van der Waals surface area (Å²) in [6.07, 6.45) is -2.55. The normalized spacial score (nSPS) is 25.5. The highest BCUT2D eigenvalue weighted by molar-refractivity contribution is 5.86. The van der Waals surface area contributed by atoms with Gasteiger partial charge in [0.25, 0.3) is 0 Å². The summed E-state index contributed by atoms with van der Waals surface area (Å²) < 4.78 is 40.5. The summed E-state index contributed by atoms with van der Waals surface area (Å²) >= 11 is 0. The van der Waals surface area contributed by atoms with E-state index in [0.29, 0.717) is 17.7 Å². The molecule has 36 heavy (non-hydrogen) atoms.